The molecule has 0 bridgehead atoms. The third-order valence-electron chi connectivity index (χ3n) is 6.29. The summed E-state index contributed by atoms with van der Waals surface area (Å²) in [7, 11) is -3.36. The quantitative estimate of drug-likeness (QED) is 0.0695. The fraction of sp³-hybridized carbons (Fsp3) is 0.414. The van der Waals surface area contributed by atoms with E-state index in [1.165, 1.54) is 12.1 Å². The highest BCUT2D eigenvalue weighted by molar-refractivity contribution is 7.90. The van der Waals surface area contributed by atoms with Gasteiger partial charge in [0.1, 0.15) is 5.60 Å². The lowest BCUT2D eigenvalue weighted by Crippen LogP contribution is -2.51. The first-order chi connectivity index (χ1) is 21.7. The maximum Gasteiger partial charge on any atom is 0.511 e. The number of hydrogen-bond acceptors (Lipinski definition) is 10. The first-order valence-corrected chi connectivity index (χ1v) is 15.5. The molecular weight excluding hydrogens is 649 g/mol. The Morgan fingerprint density at radius 1 is 1.09 bits per heavy atom. The van der Waals surface area contributed by atoms with Crippen molar-refractivity contribution in [3.8, 4) is 16.9 Å². The first-order valence-electron chi connectivity index (χ1n) is 14.0. The van der Waals surface area contributed by atoms with Crippen molar-refractivity contribution in [2.24, 2.45) is 11.2 Å². The van der Waals surface area contributed by atoms with Crippen LogP contribution in [0.3, 0.4) is 0 Å². The molecule has 0 aliphatic carbocycles. The molecule has 3 rings (SSSR count). The van der Waals surface area contributed by atoms with Gasteiger partial charge in [0.25, 0.3) is 22.7 Å². The van der Waals surface area contributed by atoms with Crippen LogP contribution in [0.15, 0.2) is 64.8 Å². The molecule has 14 nitrogen and oxygen atoms in total. The van der Waals surface area contributed by atoms with Crippen molar-refractivity contribution >= 4 is 22.1 Å². The summed E-state index contributed by atoms with van der Waals surface area (Å²) in [5.74, 6) is -1.71. The van der Waals surface area contributed by atoms with E-state index in [-0.39, 0.29) is 21.2 Å². The van der Waals surface area contributed by atoms with Gasteiger partial charge in [-0.2, -0.15) is 18.3 Å². The molecule has 0 saturated heterocycles. The van der Waals surface area contributed by atoms with Crippen LogP contribution in [-0.4, -0.2) is 65.7 Å². The van der Waals surface area contributed by atoms with E-state index in [0.717, 1.165) is 40.5 Å². The fourth-order valence-corrected chi connectivity index (χ4v) is 5.16. The lowest BCUT2D eigenvalue weighted by molar-refractivity contribution is -0.712. The number of amides is 1. The van der Waals surface area contributed by atoms with Crippen LogP contribution in [0.1, 0.15) is 45.9 Å². The number of aromatic nitrogens is 2. The van der Waals surface area contributed by atoms with Gasteiger partial charge in [-0.25, -0.2) is 22.6 Å². The number of sulfonamides is 1. The van der Waals surface area contributed by atoms with Crippen LogP contribution < -0.4 is 4.72 Å². The molecule has 3 aromatic rings. The molecule has 2 aromatic carbocycles. The molecular formula is C29H35F3N6O8S. The minimum Gasteiger partial charge on any atom is -0.569 e. The molecule has 1 amide bonds. The SMILES string of the molecule is Cc1ccc(-c2cc(C(F)(F)F)nn2-c2ccc(S(=O)(=O)NC(=O)[C@H](C(C)C)N(C)/[N+]([O-])=N/OCOC(=O)OC(C)(C)C)cc2)cc1. The van der Waals surface area contributed by atoms with Gasteiger partial charge in [-0.15, -0.1) is 5.01 Å². The average Bonchev–Trinajstić information content (AvgIpc) is 3.41. The normalized spacial score (nSPS) is 13.2. The topological polar surface area (TPSA) is 167 Å². The van der Waals surface area contributed by atoms with Crippen LogP contribution in [0.5, 0.6) is 0 Å². The molecule has 18 heteroatoms. The average molecular weight is 685 g/mol. The number of aryl methyl sites for hydroxylation is 1. The van der Waals surface area contributed by atoms with Gasteiger partial charge in [0, 0.05) is 5.56 Å². The van der Waals surface area contributed by atoms with Gasteiger partial charge in [-0.3, -0.25) is 4.79 Å². The number of benzene rings is 2. The molecule has 47 heavy (non-hydrogen) atoms. The molecule has 0 aliphatic heterocycles. The van der Waals surface area contributed by atoms with Crippen molar-refractivity contribution in [2.45, 2.75) is 64.3 Å². The molecule has 0 fully saturated rings. The molecule has 0 radical (unpaired) electrons. The Balaban J connectivity index is 1.77. The number of nitrogens with zero attached hydrogens (tertiary/aromatic N) is 5. The fourth-order valence-electron chi connectivity index (χ4n) is 4.16. The van der Waals surface area contributed by atoms with Crippen LogP contribution in [0, 0.1) is 18.0 Å². The van der Waals surface area contributed by atoms with Gasteiger partial charge in [-0.1, -0.05) is 43.7 Å². The van der Waals surface area contributed by atoms with E-state index in [9.17, 15) is 36.4 Å². The van der Waals surface area contributed by atoms with E-state index >= 15 is 0 Å². The number of rotatable bonds is 11. The van der Waals surface area contributed by atoms with Crippen molar-refractivity contribution < 1.29 is 50.5 Å². The van der Waals surface area contributed by atoms with E-state index < -0.39 is 58.3 Å². The van der Waals surface area contributed by atoms with Crippen molar-refractivity contribution in [3.63, 3.8) is 0 Å². The largest absolute Gasteiger partial charge is 0.569 e. The third kappa shape index (κ3) is 9.81. The number of ether oxygens (including phenoxy) is 2. The Morgan fingerprint density at radius 2 is 1.68 bits per heavy atom. The number of carbonyl (C=O) groups excluding carboxylic acids is 2. The van der Waals surface area contributed by atoms with Crippen molar-refractivity contribution in [1.82, 2.24) is 19.5 Å². The number of carbonyl (C=O) groups is 2. The van der Waals surface area contributed by atoms with Crippen LogP contribution >= 0.6 is 0 Å². The predicted octanol–water partition coefficient (Wildman–Crippen LogP) is 5.35. The number of alkyl halides is 3. The van der Waals surface area contributed by atoms with Gasteiger partial charge in [0.2, 0.25) is 5.28 Å². The van der Waals surface area contributed by atoms with Crippen LogP contribution in [0.2, 0.25) is 0 Å². The predicted molar refractivity (Wildman–Crippen MR) is 160 cm³/mol. The van der Waals surface area contributed by atoms with Crippen molar-refractivity contribution in [2.75, 3.05) is 13.8 Å². The highest BCUT2D eigenvalue weighted by Crippen LogP contribution is 2.33. The third-order valence-corrected chi connectivity index (χ3v) is 7.66. The Bertz CT molecular complexity index is 1700. The summed E-state index contributed by atoms with van der Waals surface area (Å²) in [4.78, 5) is 28.8. The van der Waals surface area contributed by atoms with Gasteiger partial charge in [0.15, 0.2) is 11.7 Å². The molecule has 1 aromatic heterocycles. The second-order valence-electron chi connectivity index (χ2n) is 11.6. The van der Waals surface area contributed by atoms with E-state index in [4.69, 9.17) is 4.74 Å². The zero-order chi connectivity index (χ0) is 35.3. The summed E-state index contributed by atoms with van der Waals surface area (Å²) in [6.45, 7) is 8.97. The van der Waals surface area contributed by atoms with Crippen LogP contribution in [0.25, 0.3) is 16.9 Å². The molecule has 256 valence electrons. The Hall–Kier alpha value is -4.87. The van der Waals surface area contributed by atoms with E-state index in [1.807, 2.05) is 11.6 Å². The highest BCUT2D eigenvalue weighted by Gasteiger charge is 2.36. The summed E-state index contributed by atoms with van der Waals surface area (Å²) in [5.41, 5.74) is -0.371. The van der Waals surface area contributed by atoms with Gasteiger partial charge in [0.05, 0.1) is 28.3 Å². The Morgan fingerprint density at radius 3 is 2.21 bits per heavy atom. The van der Waals surface area contributed by atoms with Crippen molar-refractivity contribution in [1.29, 1.82) is 0 Å². The molecule has 0 saturated carbocycles. The van der Waals surface area contributed by atoms with Gasteiger partial charge in [-0.05, 0) is 63.9 Å². The monoisotopic (exact) mass is 684 g/mol. The Kier molecular flexibility index (Phi) is 11.1. The lowest BCUT2D eigenvalue weighted by atomic mass is 10.0. The van der Waals surface area contributed by atoms with Crippen LogP contribution in [-0.2, 0) is 35.3 Å². The maximum atomic E-state index is 13.5. The number of hydrogen-bond donors (Lipinski definition) is 1. The Labute approximate surface area is 269 Å². The molecule has 1 atom stereocenters. The second-order valence-corrected chi connectivity index (χ2v) is 13.3. The minimum absolute atomic E-state index is 0.122. The number of hydrazine groups is 1. The highest BCUT2D eigenvalue weighted by atomic mass is 32.2. The minimum atomic E-state index is -4.73. The molecule has 0 aliphatic rings. The van der Waals surface area contributed by atoms with E-state index in [2.05, 4.69) is 20.0 Å². The summed E-state index contributed by atoms with van der Waals surface area (Å²) < 4.78 is 79.4. The standard InChI is InChI=1S/C29H35F3N6O8S/c1-18(2)25(36(7)38(41)35-45-17-44-27(40)46-28(4,5)6)26(39)34-47(42,43)22-14-12-21(13-15-22)37-23(16-24(33-37)29(30,31)32)20-10-8-19(3)9-11-20/h8-16,18,25H,17H2,1-7H3,(H,34,39)/b38-35-/t25-/m0/s1. The summed E-state index contributed by atoms with van der Waals surface area (Å²) in [5, 5.41) is 20.1. The zero-order valence-electron chi connectivity index (χ0n) is 26.6. The number of halogens is 3. The van der Waals surface area contributed by atoms with Crippen LogP contribution in [0.4, 0.5) is 18.0 Å². The maximum absolute atomic E-state index is 13.5. The van der Waals surface area contributed by atoms with E-state index in [1.54, 1.807) is 58.9 Å². The van der Waals surface area contributed by atoms with E-state index in [0.29, 0.717) is 5.56 Å². The molecule has 1 heterocycles. The second kappa shape index (κ2) is 14.3. The van der Waals surface area contributed by atoms with Gasteiger partial charge >= 0.3 is 12.3 Å². The number of nitrogens with one attached hydrogen (secondary N) is 1. The van der Waals surface area contributed by atoms with Crippen molar-refractivity contribution in [3.05, 3.63) is 71.1 Å². The summed E-state index contributed by atoms with van der Waals surface area (Å²) in [6.07, 6.45) is -5.80. The zero-order valence-corrected chi connectivity index (χ0v) is 27.4. The molecule has 0 unspecified atom stereocenters. The molecule has 0 spiro atoms. The number of likely N-dealkylation sites (N-methyl/N-ethyl adjacent to an activating group) is 1. The summed E-state index contributed by atoms with van der Waals surface area (Å²) >= 11 is 0. The first kappa shape index (κ1) is 36.6. The smallest absolute Gasteiger partial charge is 0.511 e. The van der Waals surface area contributed by atoms with Gasteiger partial charge < -0.3 is 19.5 Å². The lowest BCUT2D eigenvalue weighted by Gasteiger charge is -2.25. The summed E-state index contributed by atoms with van der Waals surface area (Å²) in [6, 6.07) is 10.9. The molecule has 1 N–H and O–H groups in total.